The summed E-state index contributed by atoms with van der Waals surface area (Å²) in [7, 11) is 1.96. The Balaban J connectivity index is 2.22. The lowest BCUT2D eigenvalue weighted by atomic mass is 9.76. The van der Waals surface area contributed by atoms with Crippen LogP contribution in [-0.4, -0.2) is 18.1 Å². The fraction of sp³-hybridized carbons (Fsp3) is 0.400. The molecule has 1 aromatic carbocycles. The van der Waals surface area contributed by atoms with Crippen LogP contribution in [0.5, 0.6) is 0 Å². The summed E-state index contributed by atoms with van der Waals surface area (Å²) in [5.41, 5.74) is 1.04. The molecule has 0 saturated heterocycles. The van der Waals surface area contributed by atoms with Crippen molar-refractivity contribution in [2.24, 2.45) is 0 Å². The molecule has 19 heavy (non-hydrogen) atoms. The molecule has 1 N–H and O–H groups in total. The van der Waals surface area contributed by atoms with E-state index in [1.165, 1.54) is 12.1 Å². The molecule has 1 unspecified atom stereocenters. The summed E-state index contributed by atoms with van der Waals surface area (Å²) in [5.74, 6) is -0.194. The van der Waals surface area contributed by atoms with Gasteiger partial charge in [0.2, 0.25) is 0 Å². The Hall–Kier alpha value is -1.26. The minimum absolute atomic E-state index is 0.0892. The van der Waals surface area contributed by atoms with Crippen molar-refractivity contribution in [1.29, 1.82) is 0 Å². The van der Waals surface area contributed by atoms with Gasteiger partial charge in [-0.15, -0.1) is 11.3 Å². The van der Waals surface area contributed by atoms with E-state index in [1.807, 2.05) is 30.8 Å². The number of hydrogen-bond donors (Lipinski definition) is 1. The van der Waals surface area contributed by atoms with Crippen LogP contribution in [0, 0.1) is 5.82 Å². The summed E-state index contributed by atoms with van der Waals surface area (Å²) in [6.07, 6.45) is 2.70. The Kier molecular flexibility index (Phi) is 4.32. The zero-order valence-electron chi connectivity index (χ0n) is 11.5. The SMILES string of the molecule is CNC(Cc1nccs1)C(C)(C)c1ccc(F)cc1. The third-order valence-corrected chi connectivity index (χ3v) is 4.47. The number of benzene rings is 1. The second-order valence-corrected chi connectivity index (χ2v) is 6.18. The highest BCUT2D eigenvalue weighted by molar-refractivity contribution is 7.09. The predicted molar refractivity (Wildman–Crippen MR) is 78.1 cm³/mol. The molecule has 1 aromatic heterocycles. The molecule has 102 valence electrons. The summed E-state index contributed by atoms with van der Waals surface area (Å²) in [6, 6.07) is 7.02. The minimum Gasteiger partial charge on any atom is -0.316 e. The van der Waals surface area contributed by atoms with Crippen LogP contribution in [0.2, 0.25) is 0 Å². The highest BCUT2D eigenvalue weighted by Crippen LogP contribution is 2.29. The first-order chi connectivity index (χ1) is 9.04. The molecule has 1 atom stereocenters. The van der Waals surface area contributed by atoms with E-state index >= 15 is 0 Å². The van der Waals surface area contributed by atoms with Crippen LogP contribution < -0.4 is 5.32 Å². The highest BCUT2D eigenvalue weighted by Gasteiger charge is 2.30. The number of rotatable bonds is 5. The average molecular weight is 278 g/mol. The fourth-order valence-electron chi connectivity index (χ4n) is 2.33. The van der Waals surface area contributed by atoms with Crippen molar-refractivity contribution in [2.75, 3.05) is 7.05 Å². The smallest absolute Gasteiger partial charge is 0.123 e. The standard InChI is InChI=1S/C15H19FN2S/c1-15(2,11-4-6-12(16)7-5-11)13(17-3)10-14-18-8-9-19-14/h4-9,13,17H,10H2,1-3H3. The number of thiazole rings is 1. The maximum absolute atomic E-state index is 13.0. The Morgan fingerprint density at radius 1 is 1.32 bits per heavy atom. The van der Waals surface area contributed by atoms with Gasteiger partial charge >= 0.3 is 0 Å². The molecule has 2 aromatic rings. The molecule has 4 heteroatoms. The normalized spacial score (nSPS) is 13.5. The van der Waals surface area contributed by atoms with Crippen LogP contribution in [0.3, 0.4) is 0 Å². The topological polar surface area (TPSA) is 24.9 Å². The first-order valence-electron chi connectivity index (χ1n) is 6.35. The molecule has 2 rings (SSSR count). The lowest BCUT2D eigenvalue weighted by Crippen LogP contribution is -2.44. The van der Waals surface area contributed by atoms with E-state index in [9.17, 15) is 4.39 Å². The van der Waals surface area contributed by atoms with Crippen LogP contribution in [0.4, 0.5) is 4.39 Å². The van der Waals surface area contributed by atoms with Gasteiger partial charge in [-0.25, -0.2) is 9.37 Å². The van der Waals surface area contributed by atoms with Gasteiger partial charge in [0.15, 0.2) is 0 Å². The maximum Gasteiger partial charge on any atom is 0.123 e. The molecule has 0 bridgehead atoms. The Bertz CT molecular complexity index is 505. The van der Waals surface area contributed by atoms with E-state index in [-0.39, 0.29) is 17.3 Å². The molecule has 0 amide bonds. The molecule has 0 radical (unpaired) electrons. The third kappa shape index (κ3) is 3.19. The van der Waals surface area contributed by atoms with Crippen LogP contribution >= 0.6 is 11.3 Å². The van der Waals surface area contributed by atoms with Crippen molar-refractivity contribution in [3.63, 3.8) is 0 Å². The number of aromatic nitrogens is 1. The second-order valence-electron chi connectivity index (χ2n) is 5.20. The van der Waals surface area contributed by atoms with Crippen molar-refractivity contribution in [3.8, 4) is 0 Å². The molecule has 0 aliphatic carbocycles. The van der Waals surface area contributed by atoms with Gasteiger partial charge < -0.3 is 5.32 Å². The second kappa shape index (κ2) is 5.80. The molecule has 2 nitrogen and oxygen atoms in total. The maximum atomic E-state index is 13.0. The lowest BCUT2D eigenvalue weighted by molar-refractivity contribution is 0.356. The molecule has 0 aliphatic heterocycles. The van der Waals surface area contributed by atoms with E-state index in [1.54, 1.807) is 11.3 Å². The van der Waals surface area contributed by atoms with Gasteiger partial charge in [-0.05, 0) is 24.7 Å². The van der Waals surface area contributed by atoms with Crippen molar-refractivity contribution < 1.29 is 4.39 Å². The largest absolute Gasteiger partial charge is 0.316 e. The summed E-state index contributed by atoms with van der Waals surface area (Å²) in [5, 5.41) is 6.48. The Morgan fingerprint density at radius 3 is 2.53 bits per heavy atom. The molecular formula is C15H19FN2S. The molecule has 0 aliphatic rings. The van der Waals surface area contributed by atoms with Crippen molar-refractivity contribution >= 4 is 11.3 Å². The quantitative estimate of drug-likeness (QED) is 0.907. The van der Waals surface area contributed by atoms with Crippen LogP contribution in [-0.2, 0) is 11.8 Å². The predicted octanol–water partition coefficient (Wildman–Crippen LogP) is 3.39. The Morgan fingerprint density at radius 2 is 2.00 bits per heavy atom. The first-order valence-corrected chi connectivity index (χ1v) is 7.23. The highest BCUT2D eigenvalue weighted by atomic mass is 32.1. The van der Waals surface area contributed by atoms with Crippen LogP contribution in [0.25, 0.3) is 0 Å². The first kappa shape index (κ1) is 14.2. The summed E-state index contributed by atoms with van der Waals surface area (Å²) >= 11 is 1.67. The van der Waals surface area contributed by atoms with Crippen molar-refractivity contribution in [1.82, 2.24) is 10.3 Å². The molecule has 0 spiro atoms. The van der Waals surface area contributed by atoms with E-state index in [2.05, 4.69) is 24.1 Å². The van der Waals surface area contributed by atoms with E-state index < -0.39 is 0 Å². The molecular weight excluding hydrogens is 259 g/mol. The number of hydrogen-bond acceptors (Lipinski definition) is 3. The van der Waals surface area contributed by atoms with Gasteiger partial charge in [-0.1, -0.05) is 26.0 Å². The van der Waals surface area contributed by atoms with Gasteiger partial charge in [-0.3, -0.25) is 0 Å². The summed E-state index contributed by atoms with van der Waals surface area (Å²) in [4.78, 5) is 4.34. The zero-order valence-corrected chi connectivity index (χ0v) is 12.3. The Labute approximate surface area is 117 Å². The van der Waals surface area contributed by atoms with Crippen LogP contribution in [0.15, 0.2) is 35.8 Å². The minimum atomic E-state index is -0.194. The summed E-state index contributed by atoms with van der Waals surface area (Å²) in [6.45, 7) is 4.35. The summed E-state index contributed by atoms with van der Waals surface area (Å²) < 4.78 is 13.0. The van der Waals surface area contributed by atoms with Crippen LogP contribution in [0.1, 0.15) is 24.4 Å². The zero-order chi connectivity index (χ0) is 13.9. The average Bonchev–Trinajstić information content (AvgIpc) is 2.89. The number of halogens is 1. The number of nitrogens with zero attached hydrogens (tertiary/aromatic N) is 1. The third-order valence-electron chi connectivity index (χ3n) is 3.67. The van der Waals surface area contributed by atoms with Crippen molar-refractivity contribution in [2.45, 2.75) is 31.7 Å². The molecule has 1 heterocycles. The number of likely N-dealkylation sites (N-methyl/N-ethyl adjacent to an activating group) is 1. The van der Waals surface area contributed by atoms with E-state index in [4.69, 9.17) is 0 Å². The van der Waals surface area contributed by atoms with Gasteiger partial charge in [0.05, 0.1) is 5.01 Å². The molecule has 0 fully saturated rings. The monoisotopic (exact) mass is 278 g/mol. The van der Waals surface area contributed by atoms with Crippen molar-refractivity contribution in [3.05, 3.63) is 52.2 Å². The lowest BCUT2D eigenvalue weighted by Gasteiger charge is -2.34. The van der Waals surface area contributed by atoms with Gasteiger partial charge in [0.1, 0.15) is 5.82 Å². The molecule has 0 saturated carbocycles. The number of nitrogens with one attached hydrogen (secondary N) is 1. The van der Waals surface area contributed by atoms with E-state index in [0.29, 0.717) is 0 Å². The van der Waals surface area contributed by atoms with E-state index in [0.717, 1.165) is 17.0 Å². The van der Waals surface area contributed by atoms with Gasteiger partial charge in [-0.2, -0.15) is 0 Å². The fourth-order valence-corrected chi connectivity index (χ4v) is 2.99. The van der Waals surface area contributed by atoms with Gasteiger partial charge in [0, 0.05) is 29.5 Å². The van der Waals surface area contributed by atoms with Gasteiger partial charge in [0.25, 0.3) is 0 Å².